The molecule has 10 heteroatoms. The minimum absolute atomic E-state index is 0.102. The molecule has 0 fully saturated rings. The first-order valence-corrected chi connectivity index (χ1v) is 10.8. The maximum Gasteiger partial charge on any atom is 0.407 e. The molecule has 0 aliphatic heterocycles. The summed E-state index contributed by atoms with van der Waals surface area (Å²) < 4.78 is 43.3. The summed E-state index contributed by atoms with van der Waals surface area (Å²) >= 11 is 0. The van der Waals surface area contributed by atoms with E-state index in [0.29, 0.717) is 0 Å². The summed E-state index contributed by atoms with van der Waals surface area (Å²) in [6.07, 6.45) is -5.68. The van der Waals surface area contributed by atoms with Gasteiger partial charge in [-0.1, -0.05) is 48.5 Å². The first-order chi connectivity index (χ1) is 16.1. The molecule has 7 nitrogen and oxygen atoms in total. The Hall–Kier alpha value is -3.56. The van der Waals surface area contributed by atoms with Crippen LogP contribution in [0.4, 0.5) is 18.0 Å². The number of alkyl halides is 3. The molecule has 0 bridgehead atoms. The van der Waals surface area contributed by atoms with Crippen LogP contribution in [-0.4, -0.2) is 48.4 Å². The lowest BCUT2D eigenvalue weighted by molar-refractivity contribution is -0.192. The molecule has 1 aliphatic rings. The van der Waals surface area contributed by atoms with Gasteiger partial charge in [0.2, 0.25) is 5.91 Å². The van der Waals surface area contributed by atoms with Crippen LogP contribution >= 0.6 is 0 Å². The van der Waals surface area contributed by atoms with Gasteiger partial charge in [0.1, 0.15) is 6.61 Å². The monoisotopic (exact) mass is 478 g/mol. The highest BCUT2D eigenvalue weighted by molar-refractivity contribution is 5.79. The maximum absolute atomic E-state index is 12.6. The minimum atomic E-state index is -4.96. The van der Waals surface area contributed by atoms with Gasteiger partial charge in [0.25, 0.3) is 0 Å². The van der Waals surface area contributed by atoms with Crippen LogP contribution in [0.1, 0.15) is 36.8 Å². The van der Waals surface area contributed by atoms with Gasteiger partial charge < -0.3 is 20.5 Å². The maximum atomic E-state index is 12.6. The van der Waals surface area contributed by atoms with Gasteiger partial charge in [-0.25, -0.2) is 4.79 Å². The minimum Gasteiger partial charge on any atom is -0.481 e. The Morgan fingerprint density at radius 3 is 2.12 bits per heavy atom. The van der Waals surface area contributed by atoms with Gasteiger partial charge in [0, 0.05) is 24.9 Å². The molecule has 182 valence electrons. The van der Waals surface area contributed by atoms with Crippen molar-refractivity contribution in [2.45, 2.75) is 37.9 Å². The molecule has 0 radical (unpaired) electrons. The quantitative estimate of drug-likeness (QED) is 0.504. The lowest BCUT2D eigenvalue weighted by atomic mass is 9.98. The number of halogens is 3. The van der Waals surface area contributed by atoms with Crippen molar-refractivity contribution in [1.29, 1.82) is 0 Å². The number of carbonyl (C=O) groups is 3. The van der Waals surface area contributed by atoms with E-state index >= 15 is 0 Å². The summed E-state index contributed by atoms with van der Waals surface area (Å²) in [5, 5.41) is 13.2. The third-order valence-corrected chi connectivity index (χ3v) is 5.71. The average Bonchev–Trinajstić information content (AvgIpc) is 3.09. The average molecular weight is 478 g/mol. The van der Waals surface area contributed by atoms with Crippen molar-refractivity contribution >= 4 is 18.0 Å². The molecule has 0 saturated carbocycles. The number of carboxylic acid groups (broad SMARTS) is 1. The summed E-state index contributed by atoms with van der Waals surface area (Å²) in [4.78, 5) is 34.8. The number of ether oxygens (including phenoxy) is 1. The lowest BCUT2D eigenvalue weighted by Gasteiger charge is -2.18. The highest BCUT2D eigenvalue weighted by atomic mass is 19.4. The number of carboxylic acids is 1. The van der Waals surface area contributed by atoms with Gasteiger partial charge in [-0.05, 0) is 35.6 Å². The summed E-state index contributed by atoms with van der Waals surface area (Å²) in [6, 6.07) is 15.3. The Balaban J connectivity index is 1.44. The number of fused-ring (bicyclic) bond motifs is 3. The number of rotatable bonds is 9. The number of amides is 2. The number of hydrogen-bond donors (Lipinski definition) is 3. The lowest BCUT2D eigenvalue weighted by Crippen LogP contribution is -2.41. The van der Waals surface area contributed by atoms with E-state index in [0.717, 1.165) is 22.3 Å². The summed E-state index contributed by atoms with van der Waals surface area (Å²) in [5.74, 6) is -5.57. The van der Waals surface area contributed by atoms with Crippen LogP contribution < -0.4 is 10.6 Å². The van der Waals surface area contributed by atoms with E-state index in [2.05, 4.69) is 5.32 Å². The Kier molecular flexibility index (Phi) is 7.80. The molecule has 3 rings (SSSR count). The van der Waals surface area contributed by atoms with Crippen LogP contribution in [0.2, 0.25) is 0 Å². The fourth-order valence-corrected chi connectivity index (χ4v) is 3.91. The van der Waals surface area contributed by atoms with E-state index in [1.165, 1.54) is 0 Å². The standard InChI is InChI=1S/C24H25F3N2O5/c1-14(10-11-21(30)28-12-20(22(31)32)24(25,26)27)29-23(33)34-13-19-17-8-4-2-6-15(17)16-7-3-5-9-18(16)19/h2-9,14,19-20H,10-13H2,1H3,(H,28,30)(H,29,33)(H,31,32). The van der Waals surface area contributed by atoms with Crippen molar-refractivity contribution < 1.29 is 37.4 Å². The van der Waals surface area contributed by atoms with Crippen molar-refractivity contribution in [2.24, 2.45) is 5.92 Å². The third kappa shape index (κ3) is 6.06. The molecule has 34 heavy (non-hydrogen) atoms. The van der Waals surface area contributed by atoms with Crippen LogP contribution in [0.3, 0.4) is 0 Å². The molecule has 0 spiro atoms. The van der Waals surface area contributed by atoms with Gasteiger partial charge >= 0.3 is 18.2 Å². The Morgan fingerprint density at radius 2 is 1.59 bits per heavy atom. The number of nitrogens with one attached hydrogen (secondary N) is 2. The normalized spacial score (nSPS) is 14.5. The highest BCUT2D eigenvalue weighted by Gasteiger charge is 2.45. The molecule has 0 saturated heterocycles. The van der Waals surface area contributed by atoms with Crippen molar-refractivity contribution in [3.8, 4) is 11.1 Å². The second kappa shape index (κ2) is 10.6. The first-order valence-electron chi connectivity index (χ1n) is 10.8. The van der Waals surface area contributed by atoms with Gasteiger partial charge in [0.05, 0.1) is 0 Å². The summed E-state index contributed by atoms with van der Waals surface area (Å²) in [5.41, 5.74) is 4.34. The Labute approximate surface area is 194 Å². The zero-order valence-electron chi connectivity index (χ0n) is 18.4. The molecular weight excluding hydrogens is 453 g/mol. The molecule has 2 aromatic carbocycles. The second-order valence-corrected chi connectivity index (χ2v) is 8.15. The number of benzene rings is 2. The van der Waals surface area contributed by atoms with Crippen molar-refractivity contribution in [3.05, 3.63) is 59.7 Å². The van der Waals surface area contributed by atoms with E-state index in [-0.39, 0.29) is 25.4 Å². The zero-order chi connectivity index (χ0) is 24.9. The molecule has 2 atom stereocenters. The van der Waals surface area contributed by atoms with E-state index in [4.69, 9.17) is 9.84 Å². The Morgan fingerprint density at radius 1 is 1.03 bits per heavy atom. The Bertz CT molecular complexity index is 1010. The molecule has 0 aromatic heterocycles. The largest absolute Gasteiger partial charge is 0.481 e. The van der Waals surface area contributed by atoms with E-state index in [1.807, 2.05) is 53.8 Å². The number of carbonyl (C=O) groups excluding carboxylic acids is 2. The van der Waals surface area contributed by atoms with Gasteiger partial charge in [-0.15, -0.1) is 0 Å². The van der Waals surface area contributed by atoms with Crippen LogP contribution in [0.25, 0.3) is 11.1 Å². The molecule has 2 amide bonds. The predicted molar refractivity (Wildman–Crippen MR) is 117 cm³/mol. The van der Waals surface area contributed by atoms with Crippen LogP contribution in [0.5, 0.6) is 0 Å². The van der Waals surface area contributed by atoms with E-state index in [9.17, 15) is 27.6 Å². The van der Waals surface area contributed by atoms with E-state index < -0.39 is 42.7 Å². The molecular formula is C24H25F3N2O5. The van der Waals surface area contributed by atoms with Crippen LogP contribution in [0.15, 0.2) is 48.5 Å². The number of alkyl carbamates (subject to hydrolysis) is 1. The fraction of sp³-hybridized carbons (Fsp3) is 0.375. The van der Waals surface area contributed by atoms with Crippen molar-refractivity contribution in [2.75, 3.05) is 13.2 Å². The topological polar surface area (TPSA) is 105 Å². The van der Waals surface area contributed by atoms with E-state index in [1.54, 1.807) is 6.92 Å². The second-order valence-electron chi connectivity index (χ2n) is 8.15. The first kappa shape index (κ1) is 25.1. The SMILES string of the molecule is CC(CCC(=O)NCC(C(=O)O)C(F)(F)F)NC(=O)OCC1c2ccccc2-c2ccccc21. The van der Waals surface area contributed by atoms with Crippen molar-refractivity contribution in [3.63, 3.8) is 0 Å². The molecule has 1 aliphatic carbocycles. The summed E-state index contributed by atoms with van der Waals surface area (Å²) in [7, 11) is 0. The zero-order valence-corrected chi connectivity index (χ0v) is 18.4. The fourth-order valence-electron chi connectivity index (χ4n) is 3.91. The molecule has 2 unspecified atom stereocenters. The summed E-state index contributed by atoms with van der Waals surface area (Å²) in [6.45, 7) is 0.706. The number of hydrogen-bond acceptors (Lipinski definition) is 4. The van der Waals surface area contributed by atoms with Gasteiger partial charge in [-0.3, -0.25) is 9.59 Å². The highest BCUT2D eigenvalue weighted by Crippen LogP contribution is 2.44. The molecule has 0 heterocycles. The van der Waals surface area contributed by atoms with Crippen LogP contribution in [0, 0.1) is 5.92 Å². The molecule has 2 aromatic rings. The van der Waals surface area contributed by atoms with Crippen molar-refractivity contribution in [1.82, 2.24) is 10.6 Å². The predicted octanol–water partition coefficient (Wildman–Crippen LogP) is 4.07. The molecule has 3 N–H and O–H groups in total. The van der Waals surface area contributed by atoms with Crippen LogP contribution in [-0.2, 0) is 14.3 Å². The van der Waals surface area contributed by atoms with Gasteiger partial charge in [0.15, 0.2) is 5.92 Å². The van der Waals surface area contributed by atoms with Gasteiger partial charge in [-0.2, -0.15) is 13.2 Å². The third-order valence-electron chi connectivity index (χ3n) is 5.71. The smallest absolute Gasteiger partial charge is 0.407 e. The number of aliphatic carboxylic acids is 1.